The van der Waals surface area contributed by atoms with Gasteiger partial charge in [0.05, 0.1) is 0 Å². The summed E-state index contributed by atoms with van der Waals surface area (Å²) < 4.78 is 0. The Hall–Kier alpha value is -0.280. The molecular weight excluding hydrogens is 186 g/mol. The van der Waals surface area contributed by atoms with Crippen molar-refractivity contribution in [2.75, 3.05) is 0 Å². The fourth-order valence-corrected chi connectivity index (χ4v) is 3.17. The van der Waals surface area contributed by atoms with Crippen LogP contribution in [0.4, 0.5) is 0 Å². The molecule has 0 saturated carbocycles. The molecule has 12 heavy (non-hydrogen) atoms. The Labute approximate surface area is 80.9 Å². The molecule has 1 nitrogen and oxygen atoms in total. The standard InChI is InChI=1S/C9H11NS2/c1-2-7-3-4-8(12-7)9-10-5-6-11-9/h4-7H,2-3H2,1H3. The maximum absolute atomic E-state index is 4.30. The van der Waals surface area contributed by atoms with Gasteiger partial charge in [0.15, 0.2) is 0 Å². The normalized spacial score (nSPS) is 22.8. The van der Waals surface area contributed by atoms with E-state index in [4.69, 9.17) is 0 Å². The molecule has 1 unspecified atom stereocenters. The quantitative estimate of drug-likeness (QED) is 0.720. The fraction of sp³-hybridized carbons (Fsp3) is 0.444. The van der Waals surface area contributed by atoms with Gasteiger partial charge in [-0.1, -0.05) is 13.0 Å². The minimum Gasteiger partial charge on any atom is -0.244 e. The minimum atomic E-state index is 0.795. The van der Waals surface area contributed by atoms with Crippen LogP contribution in [0.25, 0.3) is 4.91 Å². The second kappa shape index (κ2) is 3.62. The molecule has 1 aliphatic rings. The topological polar surface area (TPSA) is 12.9 Å². The lowest BCUT2D eigenvalue weighted by Crippen LogP contribution is -1.91. The first kappa shape index (κ1) is 8.32. The predicted octanol–water partition coefficient (Wildman–Crippen LogP) is 3.40. The molecule has 0 fully saturated rings. The van der Waals surface area contributed by atoms with E-state index in [2.05, 4.69) is 18.0 Å². The Morgan fingerprint density at radius 1 is 1.67 bits per heavy atom. The summed E-state index contributed by atoms with van der Waals surface area (Å²) in [5, 5.41) is 4.02. The molecule has 2 heterocycles. The van der Waals surface area contributed by atoms with E-state index in [1.54, 1.807) is 11.3 Å². The van der Waals surface area contributed by atoms with Crippen molar-refractivity contribution < 1.29 is 0 Å². The van der Waals surface area contributed by atoms with Crippen LogP contribution in [0.1, 0.15) is 24.8 Å². The minimum absolute atomic E-state index is 0.795. The van der Waals surface area contributed by atoms with Crippen LogP contribution in [-0.2, 0) is 0 Å². The van der Waals surface area contributed by atoms with Crippen LogP contribution in [0.15, 0.2) is 17.7 Å². The smallest absolute Gasteiger partial charge is 0.129 e. The van der Waals surface area contributed by atoms with E-state index < -0.39 is 0 Å². The Balaban J connectivity index is 2.09. The molecule has 0 aromatic carbocycles. The zero-order chi connectivity index (χ0) is 8.39. The van der Waals surface area contributed by atoms with Gasteiger partial charge in [-0.15, -0.1) is 23.1 Å². The van der Waals surface area contributed by atoms with Crippen LogP contribution in [0.5, 0.6) is 0 Å². The molecule has 0 N–H and O–H groups in total. The van der Waals surface area contributed by atoms with Crippen molar-refractivity contribution in [3.8, 4) is 0 Å². The number of hydrogen-bond acceptors (Lipinski definition) is 3. The molecular formula is C9H11NS2. The molecule has 0 saturated heterocycles. The van der Waals surface area contributed by atoms with Crippen LogP contribution in [0.3, 0.4) is 0 Å². The van der Waals surface area contributed by atoms with Crippen LogP contribution in [0.2, 0.25) is 0 Å². The molecule has 2 rings (SSSR count). The van der Waals surface area contributed by atoms with Gasteiger partial charge in [0, 0.05) is 21.7 Å². The summed E-state index contributed by atoms with van der Waals surface area (Å²) in [6, 6.07) is 0. The maximum Gasteiger partial charge on any atom is 0.129 e. The van der Waals surface area contributed by atoms with Gasteiger partial charge in [-0.05, 0) is 12.8 Å². The summed E-state index contributed by atoms with van der Waals surface area (Å²) in [6.07, 6.45) is 6.67. The van der Waals surface area contributed by atoms with E-state index in [1.165, 1.54) is 22.8 Å². The first-order valence-corrected chi connectivity index (χ1v) is 5.92. The lowest BCUT2D eigenvalue weighted by molar-refractivity contribution is 0.849. The van der Waals surface area contributed by atoms with E-state index in [0.717, 1.165) is 5.25 Å². The van der Waals surface area contributed by atoms with Crippen molar-refractivity contribution in [2.24, 2.45) is 0 Å². The molecule has 0 aliphatic carbocycles. The third-order valence-corrected chi connectivity index (χ3v) is 4.37. The van der Waals surface area contributed by atoms with E-state index in [0.29, 0.717) is 0 Å². The summed E-state index contributed by atoms with van der Waals surface area (Å²) in [4.78, 5) is 5.68. The number of hydrogen-bond donors (Lipinski definition) is 0. The third-order valence-electron chi connectivity index (χ3n) is 1.96. The van der Waals surface area contributed by atoms with E-state index in [-0.39, 0.29) is 0 Å². The SMILES string of the molecule is CCC1CC=C(c2nccs2)S1. The number of nitrogens with zero attached hydrogens (tertiary/aromatic N) is 1. The first-order chi connectivity index (χ1) is 5.90. The van der Waals surface area contributed by atoms with Crippen molar-refractivity contribution >= 4 is 28.0 Å². The summed E-state index contributed by atoms with van der Waals surface area (Å²) in [5.41, 5.74) is 0. The van der Waals surface area contributed by atoms with E-state index in [1.807, 2.05) is 23.3 Å². The van der Waals surface area contributed by atoms with Gasteiger partial charge in [0.1, 0.15) is 5.01 Å². The highest BCUT2D eigenvalue weighted by Gasteiger charge is 2.18. The van der Waals surface area contributed by atoms with Crippen LogP contribution in [-0.4, -0.2) is 10.2 Å². The molecule has 0 amide bonds. The highest BCUT2D eigenvalue weighted by atomic mass is 32.2. The monoisotopic (exact) mass is 197 g/mol. The molecule has 1 aliphatic heterocycles. The van der Waals surface area contributed by atoms with Crippen molar-refractivity contribution in [3.05, 3.63) is 22.7 Å². The van der Waals surface area contributed by atoms with Crippen LogP contribution < -0.4 is 0 Å². The summed E-state index contributed by atoms with van der Waals surface area (Å²) in [6.45, 7) is 2.25. The molecule has 64 valence electrons. The van der Waals surface area contributed by atoms with Crippen molar-refractivity contribution in [3.63, 3.8) is 0 Å². The summed E-state index contributed by atoms with van der Waals surface area (Å²) in [5.74, 6) is 0. The highest BCUT2D eigenvalue weighted by molar-refractivity contribution is 8.09. The van der Waals surface area contributed by atoms with Gasteiger partial charge in [0.25, 0.3) is 0 Å². The third kappa shape index (κ3) is 1.57. The van der Waals surface area contributed by atoms with Gasteiger partial charge < -0.3 is 0 Å². The van der Waals surface area contributed by atoms with Gasteiger partial charge in [-0.25, -0.2) is 4.98 Å². The molecule has 1 atom stereocenters. The van der Waals surface area contributed by atoms with Crippen LogP contribution in [0, 0.1) is 0 Å². The number of allylic oxidation sites excluding steroid dienone is 1. The van der Waals surface area contributed by atoms with Crippen LogP contribution >= 0.6 is 23.1 Å². The Morgan fingerprint density at radius 3 is 3.17 bits per heavy atom. The summed E-state index contributed by atoms with van der Waals surface area (Å²) in [7, 11) is 0. The van der Waals surface area contributed by atoms with E-state index in [9.17, 15) is 0 Å². The average Bonchev–Trinajstić information content (AvgIpc) is 2.75. The van der Waals surface area contributed by atoms with Crippen molar-refractivity contribution in [1.29, 1.82) is 0 Å². The van der Waals surface area contributed by atoms with Crippen molar-refractivity contribution in [2.45, 2.75) is 25.0 Å². The first-order valence-electron chi connectivity index (χ1n) is 4.17. The van der Waals surface area contributed by atoms with Gasteiger partial charge in [-0.3, -0.25) is 0 Å². The predicted molar refractivity (Wildman–Crippen MR) is 56.4 cm³/mol. The molecule has 3 heteroatoms. The number of thioether (sulfide) groups is 1. The lowest BCUT2D eigenvalue weighted by atomic mass is 10.2. The molecule has 1 aromatic heterocycles. The summed E-state index contributed by atoms with van der Waals surface area (Å²) >= 11 is 3.71. The van der Waals surface area contributed by atoms with E-state index >= 15 is 0 Å². The van der Waals surface area contributed by atoms with Gasteiger partial charge >= 0.3 is 0 Å². The molecule has 0 bridgehead atoms. The van der Waals surface area contributed by atoms with Gasteiger partial charge in [-0.2, -0.15) is 0 Å². The zero-order valence-corrected chi connectivity index (χ0v) is 8.62. The Morgan fingerprint density at radius 2 is 2.58 bits per heavy atom. The molecule has 0 radical (unpaired) electrons. The lowest BCUT2D eigenvalue weighted by Gasteiger charge is -2.03. The van der Waals surface area contributed by atoms with Gasteiger partial charge in [0.2, 0.25) is 0 Å². The second-order valence-corrected chi connectivity index (χ2v) is 5.03. The Kier molecular flexibility index (Phi) is 2.51. The average molecular weight is 197 g/mol. The number of aromatic nitrogens is 1. The highest BCUT2D eigenvalue weighted by Crippen LogP contribution is 2.40. The largest absolute Gasteiger partial charge is 0.244 e. The number of thiazole rings is 1. The maximum atomic E-state index is 4.30. The van der Waals surface area contributed by atoms with Crippen molar-refractivity contribution in [1.82, 2.24) is 4.98 Å². The fourth-order valence-electron chi connectivity index (χ4n) is 1.25. The number of rotatable bonds is 2. The molecule has 1 aromatic rings. The Bertz CT molecular complexity index is 277. The molecule has 0 spiro atoms. The second-order valence-electron chi connectivity index (χ2n) is 2.79. The zero-order valence-electron chi connectivity index (χ0n) is 6.99.